The summed E-state index contributed by atoms with van der Waals surface area (Å²) in [5.74, 6) is -0.183. The minimum absolute atomic E-state index is 0.0360. The van der Waals surface area contributed by atoms with E-state index in [1.807, 2.05) is 45.0 Å². The zero-order valence-corrected chi connectivity index (χ0v) is 10.9. The molecule has 3 nitrogen and oxygen atoms in total. The molecule has 1 N–H and O–H groups in total. The maximum atomic E-state index is 12.0. The number of Topliss-reactive ketones (excluding diaryl/α,β-unsaturated/α-hetero) is 2. The highest BCUT2D eigenvalue weighted by atomic mass is 16.1. The van der Waals surface area contributed by atoms with Crippen molar-refractivity contribution in [2.24, 2.45) is 5.41 Å². The van der Waals surface area contributed by atoms with Crippen LogP contribution >= 0.6 is 0 Å². The molecule has 2 rings (SSSR count). The summed E-state index contributed by atoms with van der Waals surface area (Å²) in [7, 11) is 0. The van der Waals surface area contributed by atoms with Gasteiger partial charge in [0.1, 0.15) is 5.78 Å². The fourth-order valence-corrected chi connectivity index (χ4v) is 1.73. The van der Waals surface area contributed by atoms with E-state index >= 15 is 0 Å². The lowest BCUT2D eigenvalue weighted by Gasteiger charge is -2.15. The highest BCUT2D eigenvalue weighted by Crippen LogP contribution is 2.20. The van der Waals surface area contributed by atoms with Crippen molar-refractivity contribution < 1.29 is 9.59 Å². The van der Waals surface area contributed by atoms with Gasteiger partial charge in [0.15, 0.2) is 5.78 Å². The summed E-state index contributed by atoms with van der Waals surface area (Å²) in [5.41, 5.74) is 0.958. The van der Waals surface area contributed by atoms with E-state index in [4.69, 9.17) is 0 Å². The van der Waals surface area contributed by atoms with Crippen LogP contribution in [0, 0.1) is 5.41 Å². The first-order chi connectivity index (χ1) is 8.38. The molecule has 0 saturated heterocycles. The van der Waals surface area contributed by atoms with Crippen LogP contribution in [0.2, 0.25) is 0 Å². The predicted octanol–water partition coefficient (Wildman–Crippen LogP) is 3.36. The summed E-state index contributed by atoms with van der Waals surface area (Å²) < 4.78 is 0. The van der Waals surface area contributed by atoms with Crippen molar-refractivity contribution in [3.63, 3.8) is 0 Å². The topological polar surface area (TPSA) is 49.9 Å². The number of rotatable bonds is 3. The first-order valence-electron chi connectivity index (χ1n) is 6.02. The van der Waals surface area contributed by atoms with Crippen LogP contribution in [0.1, 0.15) is 37.7 Å². The Hall–Kier alpha value is -1.90. The molecule has 0 aliphatic carbocycles. The molecule has 3 heteroatoms. The van der Waals surface area contributed by atoms with Crippen molar-refractivity contribution in [2.75, 3.05) is 0 Å². The second kappa shape index (κ2) is 4.41. The van der Waals surface area contributed by atoms with Crippen LogP contribution in [-0.4, -0.2) is 16.6 Å². The number of aromatic amines is 1. The lowest BCUT2D eigenvalue weighted by atomic mass is 9.87. The van der Waals surface area contributed by atoms with Crippen molar-refractivity contribution >= 4 is 22.5 Å². The molecule has 2 aromatic rings. The molecule has 0 saturated carbocycles. The summed E-state index contributed by atoms with van der Waals surface area (Å²) in [6, 6.07) is 9.48. The zero-order valence-electron chi connectivity index (χ0n) is 10.9. The Bertz CT molecular complexity index is 569. The Morgan fingerprint density at radius 2 is 1.83 bits per heavy atom. The summed E-state index contributed by atoms with van der Waals surface area (Å²) in [6.45, 7) is 5.48. The smallest absolute Gasteiger partial charge is 0.186 e. The zero-order chi connectivity index (χ0) is 13.3. The molecule has 0 spiro atoms. The first kappa shape index (κ1) is 12.6. The van der Waals surface area contributed by atoms with Gasteiger partial charge in [-0.15, -0.1) is 0 Å². The van der Waals surface area contributed by atoms with E-state index < -0.39 is 5.41 Å². The van der Waals surface area contributed by atoms with Crippen LogP contribution in [-0.2, 0) is 4.79 Å². The Morgan fingerprint density at radius 1 is 1.17 bits per heavy atom. The predicted molar refractivity (Wildman–Crippen MR) is 71.7 cm³/mol. The maximum absolute atomic E-state index is 12.0. The monoisotopic (exact) mass is 243 g/mol. The SMILES string of the molecule is CC(C)(C)C(=O)CC(=O)c1cc2ccccc2[nH]1. The lowest BCUT2D eigenvalue weighted by Crippen LogP contribution is -2.23. The molecule has 0 bridgehead atoms. The minimum Gasteiger partial charge on any atom is -0.352 e. The van der Waals surface area contributed by atoms with E-state index in [0.29, 0.717) is 5.69 Å². The van der Waals surface area contributed by atoms with E-state index in [9.17, 15) is 9.59 Å². The molecule has 0 fully saturated rings. The van der Waals surface area contributed by atoms with E-state index in [1.54, 1.807) is 6.07 Å². The third-order valence-electron chi connectivity index (χ3n) is 2.99. The Balaban J connectivity index is 2.21. The first-order valence-corrected chi connectivity index (χ1v) is 6.02. The Morgan fingerprint density at radius 3 is 2.44 bits per heavy atom. The highest BCUT2D eigenvalue weighted by molar-refractivity contribution is 6.10. The van der Waals surface area contributed by atoms with Crippen LogP contribution < -0.4 is 0 Å². The van der Waals surface area contributed by atoms with Gasteiger partial charge in [-0.1, -0.05) is 39.0 Å². The molecule has 1 heterocycles. The van der Waals surface area contributed by atoms with Gasteiger partial charge < -0.3 is 4.98 Å². The van der Waals surface area contributed by atoms with Gasteiger partial charge >= 0.3 is 0 Å². The highest BCUT2D eigenvalue weighted by Gasteiger charge is 2.24. The van der Waals surface area contributed by atoms with Crippen LogP contribution in [0.5, 0.6) is 0 Å². The number of hydrogen-bond donors (Lipinski definition) is 1. The number of aromatic nitrogens is 1. The molecular weight excluding hydrogens is 226 g/mol. The van der Waals surface area contributed by atoms with Gasteiger partial charge in [0, 0.05) is 16.3 Å². The van der Waals surface area contributed by atoms with Gasteiger partial charge in [-0.3, -0.25) is 9.59 Å². The number of carbonyl (C=O) groups excluding carboxylic acids is 2. The van der Waals surface area contributed by atoms with Gasteiger partial charge in [-0.25, -0.2) is 0 Å². The number of nitrogens with one attached hydrogen (secondary N) is 1. The van der Waals surface area contributed by atoms with Crippen LogP contribution in [0.15, 0.2) is 30.3 Å². The third kappa shape index (κ3) is 2.50. The molecule has 1 aromatic carbocycles. The summed E-state index contributed by atoms with van der Waals surface area (Å²) in [5, 5.41) is 0.990. The maximum Gasteiger partial charge on any atom is 0.186 e. The number of H-pyrrole nitrogens is 1. The van der Waals surface area contributed by atoms with Gasteiger partial charge in [-0.05, 0) is 12.1 Å². The van der Waals surface area contributed by atoms with Gasteiger partial charge in [0.2, 0.25) is 0 Å². The molecule has 0 aliphatic heterocycles. The average Bonchev–Trinajstić information content (AvgIpc) is 2.71. The number of benzene rings is 1. The van der Waals surface area contributed by atoms with Crippen molar-refractivity contribution in [1.29, 1.82) is 0 Å². The number of carbonyl (C=O) groups is 2. The van der Waals surface area contributed by atoms with Crippen molar-refractivity contribution in [1.82, 2.24) is 4.98 Å². The Labute approximate surface area is 106 Å². The van der Waals surface area contributed by atoms with E-state index in [2.05, 4.69) is 4.98 Å². The molecule has 0 atom stereocenters. The van der Waals surface area contributed by atoms with Crippen molar-refractivity contribution in [2.45, 2.75) is 27.2 Å². The number of ketones is 2. The third-order valence-corrected chi connectivity index (χ3v) is 2.99. The molecule has 1 aromatic heterocycles. The normalized spacial score (nSPS) is 11.7. The minimum atomic E-state index is -0.471. The van der Waals surface area contributed by atoms with Crippen LogP contribution in [0.25, 0.3) is 10.9 Å². The number of para-hydroxylation sites is 1. The van der Waals surface area contributed by atoms with Crippen molar-refractivity contribution in [3.05, 3.63) is 36.0 Å². The fourth-order valence-electron chi connectivity index (χ4n) is 1.73. The van der Waals surface area contributed by atoms with E-state index in [-0.39, 0.29) is 18.0 Å². The molecule has 0 amide bonds. The van der Waals surface area contributed by atoms with Gasteiger partial charge in [0.25, 0.3) is 0 Å². The largest absolute Gasteiger partial charge is 0.352 e. The molecule has 94 valence electrons. The van der Waals surface area contributed by atoms with E-state index in [0.717, 1.165) is 10.9 Å². The second-order valence-electron chi connectivity index (χ2n) is 5.54. The standard InChI is InChI=1S/C15H17NO2/c1-15(2,3)14(18)9-13(17)12-8-10-6-4-5-7-11(10)16-12/h4-8,16H,9H2,1-3H3. The van der Waals surface area contributed by atoms with Crippen molar-refractivity contribution in [3.8, 4) is 0 Å². The second-order valence-corrected chi connectivity index (χ2v) is 5.54. The van der Waals surface area contributed by atoms with Crippen LogP contribution in [0.4, 0.5) is 0 Å². The number of hydrogen-bond acceptors (Lipinski definition) is 2. The molecule has 0 unspecified atom stereocenters. The Kier molecular flexibility index (Phi) is 3.07. The van der Waals surface area contributed by atoms with Crippen LogP contribution in [0.3, 0.4) is 0 Å². The number of fused-ring (bicyclic) bond motifs is 1. The van der Waals surface area contributed by atoms with Gasteiger partial charge in [0.05, 0.1) is 12.1 Å². The summed E-state index contributed by atoms with van der Waals surface area (Å²) >= 11 is 0. The average molecular weight is 243 g/mol. The molecule has 0 aliphatic rings. The molecular formula is C15H17NO2. The lowest BCUT2D eigenvalue weighted by molar-refractivity contribution is -0.125. The van der Waals surface area contributed by atoms with E-state index in [1.165, 1.54) is 0 Å². The molecule has 0 radical (unpaired) electrons. The summed E-state index contributed by atoms with van der Waals surface area (Å²) in [4.78, 5) is 26.9. The summed E-state index contributed by atoms with van der Waals surface area (Å²) in [6.07, 6.45) is -0.0453. The fraction of sp³-hybridized carbons (Fsp3) is 0.333. The quantitative estimate of drug-likeness (QED) is 0.663. The molecule has 18 heavy (non-hydrogen) atoms. The van der Waals surface area contributed by atoms with Gasteiger partial charge in [-0.2, -0.15) is 0 Å².